The number of benzene rings is 1. The van der Waals surface area contributed by atoms with Crippen molar-refractivity contribution in [2.24, 2.45) is 0 Å². The van der Waals surface area contributed by atoms with Gasteiger partial charge in [-0.25, -0.2) is 0 Å². The van der Waals surface area contributed by atoms with Crippen molar-refractivity contribution in [2.45, 2.75) is 33.0 Å². The first-order valence-corrected chi connectivity index (χ1v) is 7.23. The van der Waals surface area contributed by atoms with Crippen LogP contribution >= 0.6 is 0 Å². The maximum Gasteiger partial charge on any atom is 0.260 e. The highest BCUT2D eigenvalue weighted by atomic mass is 16.5. The van der Waals surface area contributed by atoms with E-state index in [-0.39, 0.29) is 31.3 Å². The van der Waals surface area contributed by atoms with Gasteiger partial charge in [0.2, 0.25) is 0 Å². The first-order valence-electron chi connectivity index (χ1n) is 7.23. The molecule has 0 aromatic heterocycles. The molecule has 1 aliphatic heterocycles. The SMILES string of the molecule is Cc1ccc(OCC(=O)N2CC(C)OC(CO)C2)c(C)c1. The van der Waals surface area contributed by atoms with Crippen LogP contribution in [0.25, 0.3) is 0 Å². The van der Waals surface area contributed by atoms with E-state index in [0.29, 0.717) is 13.1 Å². The molecule has 21 heavy (non-hydrogen) atoms. The molecular formula is C16H23NO4. The van der Waals surface area contributed by atoms with E-state index < -0.39 is 0 Å². The van der Waals surface area contributed by atoms with Gasteiger partial charge in [0.1, 0.15) is 5.75 Å². The molecule has 116 valence electrons. The van der Waals surface area contributed by atoms with E-state index in [1.807, 2.05) is 39.0 Å². The number of carbonyl (C=O) groups is 1. The number of morpholine rings is 1. The Bertz CT molecular complexity index is 503. The Hall–Kier alpha value is -1.59. The summed E-state index contributed by atoms with van der Waals surface area (Å²) in [7, 11) is 0. The lowest BCUT2D eigenvalue weighted by Gasteiger charge is -2.36. The summed E-state index contributed by atoms with van der Waals surface area (Å²) in [6, 6.07) is 5.88. The second-order valence-electron chi connectivity index (χ2n) is 5.61. The van der Waals surface area contributed by atoms with Crippen LogP contribution in [-0.2, 0) is 9.53 Å². The zero-order chi connectivity index (χ0) is 15.4. The van der Waals surface area contributed by atoms with E-state index in [4.69, 9.17) is 9.47 Å². The summed E-state index contributed by atoms with van der Waals surface area (Å²) in [5, 5.41) is 9.18. The molecule has 0 radical (unpaired) electrons. The number of aliphatic hydroxyl groups excluding tert-OH is 1. The molecular weight excluding hydrogens is 270 g/mol. The molecule has 5 nitrogen and oxygen atoms in total. The Morgan fingerprint density at radius 1 is 1.43 bits per heavy atom. The van der Waals surface area contributed by atoms with Crippen LogP contribution in [0.2, 0.25) is 0 Å². The van der Waals surface area contributed by atoms with Gasteiger partial charge in [0.15, 0.2) is 6.61 Å². The van der Waals surface area contributed by atoms with Crippen molar-refractivity contribution < 1.29 is 19.4 Å². The van der Waals surface area contributed by atoms with Gasteiger partial charge in [0.25, 0.3) is 5.91 Å². The van der Waals surface area contributed by atoms with E-state index >= 15 is 0 Å². The molecule has 0 aliphatic carbocycles. The van der Waals surface area contributed by atoms with Crippen LogP contribution < -0.4 is 4.74 Å². The molecule has 2 atom stereocenters. The van der Waals surface area contributed by atoms with Crippen LogP contribution in [0.15, 0.2) is 18.2 Å². The van der Waals surface area contributed by atoms with Crippen LogP contribution in [0.3, 0.4) is 0 Å². The summed E-state index contributed by atoms with van der Waals surface area (Å²) in [5.74, 6) is 0.651. The van der Waals surface area contributed by atoms with Gasteiger partial charge in [-0.15, -0.1) is 0 Å². The van der Waals surface area contributed by atoms with Crippen molar-refractivity contribution in [1.29, 1.82) is 0 Å². The lowest BCUT2D eigenvalue weighted by Crippen LogP contribution is -2.51. The summed E-state index contributed by atoms with van der Waals surface area (Å²) in [4.78, 5) is 13.9. The molecule has 5 heteroatoms. The summed E-state index contributed by atoms with van der Waals surface area (Å²) in [5.41, 5.74) is 2.19. The summed E-state index contributed by atoms with van der Waals surface area (Å²) in [6.45, 7) is 6.76. The molecule has 1 fully saturated rings. The molecule has 0 saturated carbocycles. The third-order valence-electron chi connectivity index (χ3n) is 3.56. The van der Waals surface area contributed by atoms with E-state index in [0.717, 1.165) is 11.3 Å². The molecule has 1 aromatic rings. The maximum atomic E-state index is 12.2. The first-order chi connectivity index (χ1) is 9.99. The van der Waals surface area contributed by atoms with Gasteiger partial charge in [-0.1, -0.05) is 17.7 Å². The van der Waals surface area contributed by atoms with Crippen molar-refractivity contribution in [3.8, 4) is 5.75 Å². The van der Waals surface area contributed by atoms with Crippen LogP contribution in [0.5, 0.6) is 5.75 Å². The lowest BCUT2D eigenvalue weighted by molar-refractivity contribution is -0.149. The second-order valence-corrected chi connectivity index (χ2v) is 5.61. The molecule has 1 heterocycles. The number of nitrogens with zero attached hydrogens (tertiary/aromatic N) is 1. The molecule has 1 amide bonds. The monoisotopic (exact) mass is 293 g/mol. The summed E-state index contributed by atoms with van der Waals surface area (Å²) >= 11 is 0. The van der Waals surface area contributed by atoms with Gasteiger partial charge >= 0.3 is 0 Å². The van der Waals surface area contributed by atoms with Gasteiger partial charge < -0.3 is 19.5 Å². The number of aliphatic hydroxyl groups is 1. The van der Waals surface area contributed by atoms with Gasteiger partial charge in [-0.3, -0.25) is 4.79 Å². The largest absolute Gasteiger partial charge is 0.484 e. The number of hydrogen-bond donors (Lipinski definition) is 1. The first kappa shape index (κ1) is 15.8. The van der Waals surface area contributed by atoms with Crippen LogP contribution in [0.4, 0.5) is 0 Å². The molecule has 1 aliphatic rings. The average Bonchev–Trinajstić information content (AvgIpc) is 2.45. The second kappa shape index (κ2) is 6.91. The highest BCUT2D eigenvalue weighted by Crippen LogP contribution is 2.19. The van der Waals surface area contributed by atoms with Crippen molar-refractivity contribution in [1.82, 2.24) is 4.90 Å². The third-order valence-corrected chi connectivity index (χ3v) is 3.56. The smallest absolute Gasteiger partial charge is 0.260 e. The molecule has 2 unspecified atom stereocenters. The number of amides is 1. The van der Waals surface area contributed by atoms with Gasteiger partial charge in [0, 0.05) is 13.1 Å². The number of ether oxygens (including phenoxy) is 2. The maximum absolute atomic E-state index is 12.2. The normalized spacial score (nSPS) is 22.2. The molecule has 0 bridgehead atoms. The number of aryl methyl sites for hydroxylation is 2. The molecule has 0 spiro atoms. The predicted molar refractivity (Wildman–Crippen MR) is 79.4 cm³/mol. The fourth-order valence-electron chi connectivity index (χ4n) is 2.54. The van der Waals surface area contributed by atoms with Gasteiger partial charge in [0.05, 0.1) is 18.8 Å². The van der Waals surface area contributed by atoms with E-state index in [1.54, 1.807) is 4.90 Å². The lowest BCUT2D eigenvalue weighted by atomic mass is 10.1. The Kier molecular flexibility index (Phi) is 5.20. The standard InChI is InChI=1S/C16H23NO4/c1-11-4-5-15(12(2)6-11)20-10-16(19)17-7-13(3)21-14(8-17)9-18/h4-6,13-14,18H,7-10H2,1-3H3. The third kappa shape index (κ3) is 4.19. The fourth-order valence-corrected chi connectivity index (χ4v) is 2.54. The number of rotatable bonds is 4. The molecule has 1 aromatic carbocycles. The van der Waals surface area contributed by atoms with Crippen molar-refractivity contribution in [3.63, 3.8) is 0 Å². The van der Waals surface area contributed by atoms with E-state index in [9.17, 15) is 9.90 Å². The zero-order valence-corrected chi connectivity index (χ0v) is 12.8. The Morgan fingerprint density at radius 3 is 2.86 bits per heavy atom. The van der Waals surface area contributed by atoms with Gasteiger partial charge in [-0.2, -0.15) is 0 Å². The Labute approximate surface area is 125 Å². The zero-order valence-electron chi connectivity index (χ0n) is 12.8. The quantitative estimate of drug-likeness (QED) is 0.909. The average molecular weight is 293 g/mol. The molecule has 1 N–H and O–H groups in total. The van der Waals surface area contributed by atoms with Crippen molar-refractivity contribution >= 4 is 5.91 Å². The Morgan fingerprint density at radius 2 is 2.19 bits per heavy atom. The van der Waals surface area contributed by atoms with Crippen LogP contribution in [0, 0.1) is 13.8 Å². The van der Waals surface area contributed by atoms with Crippen molar-refractivity contribution in [2.75, 3.05) is 26.3 Å². The van der Waals surface area contributed by atoms with Crippen molar-refractivity contribution in [3.05, 3.63) is 29.3 Å². The van der Waals surface area contributed by atoms with Crippen LogP contribution in [-0.4, -0.2) is 54.4 Å². The summed E-state index contributed by atoms with van der Waals surface area (Å²) in [6.07, 6.45) is -0.375. The highest BCUT2D eigenvalue weighted by Gasteiger charge is 2.28. The molecule has 2 rings (SSSR count). The van der Waals surface area contributed by atoms with Gasteiger partial charge in [-0.05, 0) is 32.4 Å². The minimum absolute atomic E-state index is 0.00870. The number of carbonyl (C=O) groups excluding carboxylic acids is 1. The van der Waals surface area contributed by atoms with Crippen LogP contribution in [0.1, 0.15) is 18.1 Å². The number of hydrogen-bond acceptors (Lipinski definition) is 4. The summed E-state index contributed by atoms with van der Waals surface area (Å²) < 4.78 is 11.1. The highest BCUT2D eigenvalue weighted by molar-refractivity contribution is 5.78. The van der Waals surface area contributed by atoms with E-state index in [1.165, 1.54) is 5.56 Å². The predicted octanol–water partition coefficient (Wildman–Crippen LogP) is 1.29. The molecule has 1 saturated heterocycles. The Balaban J connectivity index is 1.92. The fraction of sp³-hybridized carbons (Fsp3) is 0.562. The minimum Gasteiger partial charge on any atom is -0.484 e. The van der Waals surface area contributed by atoms with E-state index in [2.05, 4.69) is 0 Å². The topological polar surface area (TPSA) is 59.0 Å². The minimum atomic E-state index is -0.307.